The molecule has 0 spiro atoms. The van der Waals surface area contributed by atoms with E-state index in [1.165, 1.54) is 11.3 Å². The first kappa shape index (κ1) is 15.0. The van der Waals surface area contributed by atoms with Crippen molar-refractivity contribution in [1.82, 2.24) is 5.43 Å². The second kappa shape index (κ2) is 7.38. The van der Waals surface area contributed by atoms with Crippen LogP contribution >= 0.6 is 11.3 Å². The number of para-hydroxylation sites is 1. The van der Waals surface area contributed by atoms with Gasteiger partial charge < -0.3 is 4.74 Å². The first-order valence-electron chi connectivity index (χ1n) is 7.01. The molecule has 23 heavy (non-hydrogen) atoms. The van der Waals surface area contributed by atoms with Crippen LogP contribution in [0.15, 0.2) is 77.2 Å². The molecule has 0 bridgehead atoms. The first-order chi connectivity index (χ1) is 11.3. The minimum absolute atomic E-state index is 0.215. The summed E-state index contributed by atoms with van der Waals surface area (Å²) in [4.78, 5) is 12.4. The average Bonchev–Trinajstić information content (AvgIpc) is 3.11. The SMILES string of the molecule is O=C(NN=Cc1cccc(Oc2ccccc2)c1)c1cccs1. The number of hydrogen-bond donors (Lipinski definition) is 1. The van der Waals surface area contributed by atoms with E-state index < -0.39 is 0 Å². The van der Waals surface area contributed by atoms with Gasteiger partial charge in [0.15, 0.2) is 0 Å². The fraction of sp³-hybridized carbons (Fsp3) is 0. The Morgan fingerprint density at radius 1 is 1.00 bits per heavy atom. The lowest BCUT2D eigenvalue weighted by atomic mass is 10.2. The number of nitrogens with one attached hydrogen (secondary N) is 1. The topological polar surface area (TPSA) is 50.7 Å². The van der Waals surface area contributed by atoms with Crippen molar-refractivity contribution in [2.75, 3.05) is 0 Å². The van der Waals surface area contributed by atoms with E-state index in [4.69, 9.17) is 4.74 Å². The maximum Gasteiger partial charge on any atom is 0.281 e. The standard InChI is InChI=1S/C18H14N2O2S/c21-18(17-10-5-11-23-17)20-19-13-14-6-4-9-16(12-14)22-15-7-2-1-3-8-15/h1-13H,(H,20,21). The molecule has 4 nitrogen and oxygen atoms in total. The molecule has 0 aliphatic heterocycles. The highest BCUT2D eigenvalue weighted by atomic mass is 32.1. The van der Waals surface area contributed by atoms with Crippen LogP contribution in [-0.4, -0.2) is 12.1 Å². The predicted octanol–water partition coefficient (Wildman–Crippen LogP) is 4.30. The Morgan fingerprint density at radius 2 is 1.83 bits per heavy atom. The number of rotatable bonds is 5. The molecule has 1 N–H and O–H groups in total. The predicted molar refractivity (Wildman–Crippen MR) is 92.3 cm³/mol. The summed E-state index contributed by atoms with van der Waals surface area (Å²) in [5, 5.41) is 5.82. The van der Waals surface area contributed by atoms with E-state index >= 15 is 0 Å². The van der Waals surface area contributed by atoms with E-state index in [0.29, 0.717) is 10.6 Å². The maximum atomic E-state index is 11.8. The molecule has 0 atom stereocenters. The molecule has 5 heteroatoms. The number of hydrogen-bond acceptors (Lipinski definition) is 4. The Bertz CT molecular complexity index is 799. The third-order valence-corrected chi connectivity index (χ3v) is 3.83. The number of carbonyl (C=O) groups is 1. The van der Waals surface area contributed by atoms with Crippen molar-refractivity contribution in [1.29, 1.82) is 0 Å². The molecule has 0 aliphatic carbocycles. The molecule has 3 rings (SSSR count). The van der Waals surface area contributed by atoms with Crippen LogP contribution in [-0.2, 0) is 0 Å². The van der Waals surface area contributed by atoms with Crippen molar-refractivity contribution >= 4 is 23.5 Å². The van der Waals surface area contributed by atoms with Crippen LogP contribution in [0.2, 0.25) is 0 Å². The van der Waals surface area contributed by atoms with Gasteiger partial charge in [-0.25, -0.2) is 5.43 Å². The largest absolute Gasteiger partial charge is 0.457 e. The van der Waals surface area contributed by atoms with Crippen LogP contribution < -0.4 is 10.2 Å². The van der Waals surface area contributed by atoms with Gasteiger partial charge in [-0.15, -0.1) is 11.3 Å². The lowest BCUT2D eigenvalue weighted by Gasteiger charge is -2.05. The van der Waals surface area contributed by atoms with Gasteiger partial charge >= 0.3 is 0 Å². The van der Waals surface area contributed by atoms with Gasteiger partial charge in [0.1, 0.15) is 11.5 Å². The first-order valence-corrected chi connectivity index (χ1v) is 7.89. The van der Waals surface area contributed by atoms with Gasteiger partial charge in [0, 0.05) is 0 Å². The van der Waals surface area contributed by atoms with Crippen molar-refractivity contribution in [3.8, 4) is 11.5 Å². The zero-order valence-electron chi connectivity index (χ0n) is 12.2. The molecule has 1 amide bonds. The second-order valence-corrected chi connectivity index (χ2v) is 5.61. The third-order valence-electron chi connectivity index (χ3n) is 2.96. The van der Waals surface area contributed by atoms with Gasteiger partial charge in [-0.3, -0.25) is 4.79 Å². The summed E-state index contributed by atoms with van der Waals surface area (Å²) in [6, 6.07) is 20.6. The summed E-state index contributed by atoms with van der Waals surface area (Å²) >= 11 is 1.38. The van der Waals surface area contributed by atoms with Crippen molar-refractivity contribution < 1.29 is 9.53 Å². The minimum Gasteiger partial charge on any atom is -0.457 e. The summed E-state index contributed by atoms with van der Waals surface area (Å²) in [5.74, 6) is 1.27. The molecular formula is C18H14N2O2S. The fourth-order valence-electron chi connectivity index (χ4n) is 1.91. The van der Waals surface area contributed by atoms with Gasteiger partial charge in [-0.05, 0) is 41.3 Å². The van der Waals surface area contributed by atoms with Crippen LogP contribution in [0.4, 0.5) is 0 Å². The summed E-state index contributed by atoms with van der Waals surface area (Å²) in [7, 11) is 0. The number of thiophene rings is 1. The van der Waals surface area contributed by atoms with Crippen molar-refractivity contribution in [3.63, 3.8) is 0 Å². The lowest BCUT2D eigenvalue weighted by molar-refractivity contribution is 0.0959. The van der Waals surface area contributed by atoms with Gasteiger partial charge in [-0.2, -0.15) is 5.10 Å². The second-order valence-electron chi connectivity index (χ2n) is 4.66. The van der Waals surface area contributed by atoms with E-state index in [0.717, 1.165) is 11.3 Å². The van der Waals surface area contributed by atoms with E-state index in [9.17, 15) is 4.79 Å². The van der Waals surface area contributed by atoms with Crippen molar-refractivity contribution in [2.24, 2.45) is 5.10 Å². The lowest BCUT2D eigenvalue weighted by Crippen LogP contribution is -2.16. The molecule has 0 unspecified atom stereocenters. The molecular weight excluding hydrogens is 308 g/mol. The molecule has 114 valence electrons. The molecule has 0 saturated carbocycles. The molecule has 0 saturated heterocycles. The van der Waals surface area contributed by atoms with Crippen LogP contribution in [0, 0.1) is 0 Å². The van der Waals surface area contributed by atoms with E-state index in [-0.39, 0.29) is 5.91 Å². The summed E-state index contributed by atoms with van der Waals surface area (Å²) in [6.45, 7) is 0. The quantitative estimate of drug-likeness (QED) is 0.562. The van der Waals surface area contributed by atoms with Crippen molar-refractivity contribution in [2.45, 2.75) is 0 Å². The van der Waals surface area contributed by atoms with E-state index in [2.05, 4.69) is 10.5 Å². The van der Waals surface area contributed by atoms with Crippen LogP contribution in [0.3, 0.4) is 0 Å². The molecule has 0 aliphatic rings. The molecule has 3 aromatic rings. The highest BCUT2D eigenvalue weighted by molar-refractivity contribution is 7.12. The molecule has 0 radical (unpaired) electrons. The minimum atomic E-state index is -0.215. The fourth-order valence-corrected chi connectivity index (χ4v) is 2.52. The molecule has 0 fully saturated rings. The number of amides is 1. The average molecular weight is 322 g/mol. The monoisotopic (exact) mass is 322 g/mol. The Balaban J connectivity index is 1.63. The maximum absolute atomic E-state index is 11.8. The summed E-state index contributed by atoms with van der Waals surface area (Å²) in [5.41, 5.74) is 3.34. The summed E-state index contributed by atoms with van der Waals surface area (Å²) < 4.78 is 5.76. The van der Waals surface area contributed by atoms with Gasteiger partial charge in [-0.1, -0.05) is 36.4 Å². The van der Waals surface area contributed by atoms with E-state index in [1.807, 2.05) is 66.0 Å². The Hall–Kier alpha value is -2.92. The Kier molecular flexibility index (Phi) is 4.81. The zero-order valence-corrected chi connectivity index (χ0v) is 13.0. The highest BCUT2D eigenvalue weighted by Gasteiger charge is 2.03. The number of carbonyl (C=O) groups excluding carboxylic acids is 1. The number of benzene rings is 2. The number of ether oxygens (including phenoxy) is 1. The van der Waals surface area contributed by atoms with Gasteiger partial charge in [0.25, 0.3) is 5.91 Å². The molecule has 1 heterocycles. The van der Waals surface area contributed by atoms with Crippen LogP contribution in [0.1, 0.15) is 15.2 Å². The van der Waals surface area contributed by atoms with Gasteiger partial charge in [0.2, 0.25) is 0 Å². The zero-order chi connectivity index (χ0) is 15.9. The van der Waals surface area contributed by atoms with Crippen LogP contribution in [0.25, 0.3) is 0 Å². The normalized spacial score (nSPS) is 10.6. The number of nitrogens with zero attached hydrogens (tertiary/aromatic N) is 1. The Morgan fingerprint density at radius 3 is 2.61 bits per heavy atom. The third kappa shape index (κ3) is 4.28. The molecule has 1 aromatic heterocycles. The van der Waals surface area contributed by atoms with E-state index in [1.54, 1.807) is 12.3 Å². The highest BCUT2D eigenvalue weighted by Crippen LogP contribution is 2.21. The number of hydrazone groups is 1. The van der Waals surface area contributed by atoms with Crippen LogP contribution in [0.5, 0.6) is 11.5 Å². The molecule has 2 aromatic carbocycles. The smallest absolute Gasteiger partial charge is 0.281 e. The van der Waals surface area contributed by atoms with Crippen molar-refractivity contribution in [3.05, 3.63) is 82.6 Å². The Labute approximate surface area is 138 Å². The van der Waals surface area contributed by atoms with Gasteiger partial charge in [0.05, 0.1) is 11.1 Å². The summed E-state index contributed by atoms with van der Waals surface area (Å²) in [6.07, 6.45) is 1.59.